The monoisotopic (exact) mass is 520 g/mol. The van der Waals surface area contributed by atoms with Crippen molar-refractivity contribution in [3.8, 4) is 0 Å². The number of halogens is 1. The Labute approximate surface area is 211 Å². The lowest BCUT2D eigenvalue weighted by Crippen LogP contribution is -2.43. The van der Waals surface area contributed by atoms with E-state index in [2.05, 4.69) is 5.32 Å². The quantitative estimate of drug-likeness (QED) is 0.569. The van der Waals surface area contributed by atoms with E-state index in [4.69, 9.17) is 21.1 Å². The van der Waals surface area contributed by atoms with Crippen molar-refractivity contribution >= 4 is 58.1 Å². The molecule has 35 heavy (non-hydrogen) atoms. The van der Waals surface area contributed by atoms with Gasteiger partial charge in [-0.3, -0.25) is 24.2 Å². The highest BCUT2D eigenvalue weighted by Crippen LogP contribution is 2.27. The summed E-state index contributed by atoms with van der Waals surface area (Å²) in [5, 5.41) is 2.89. The van der Waals surface area contributed by atoms with Crippen molar-refractivity contribution in [1.29, 1.82) is 0 Å². The molecule has 0 saturated carbocycles. The summed E-state index contributed by atoms with van der Waals surface area (Å²) in [7, 11) is 1.72. The summed E-state index contributed by atoms with van der Waals surface area (Å²) in [6.45, 7) is 1.48. The normalized spacial score (nSPS) is 18.1. The van der Waals surface area contributed by atoms with Crippen LogP contribution in [0.5, 0.6) is 0 Å². The summed E-state index contributed by atoms with van der Waals surface area (Å²) in [5.74, 6) is -0.968. The highest BCUT2D eigenvalue weighted by atomic mass is 35.5. The number of hydrogen-bond acceptors (Lipinski definition) is 8. The van der Waals surface area contributed by atoms with Gasteiger partial charge < -0.3 is 19.7 Å². The van der Waals surface area contributed by atoms with Crippen molar-refractivity contribution in [1.82, 2.24) is 10.2 Å². The minimum Gasteiger partial charge on any atom is -0.442 e. The van der Waals surface area contributed by atoms with Crippen LogP contribution >= 0.6 is 22.9 Å². The molecule has 0 aliphatic carbocycles. The third-order valence-electron chi connectivity index (χ3n) is 5.64. The predicted molar refractivity (Wildman–Crippen MR) is 131 cm³/mol. The third kappa shape index (κ3) is 5.81. The van der Waals surface area contributed by atoms with Crippen molar-refractivity contribution in [2.45, 2.75) is 12.5 Å². The van der Waals surface area contributed by atoms with E-state index in [0.717, 1.165) is 16.2 Å². The summed E-state index contributed by atoms with van der Waals surface area (Å²) in [6.07, 6.45) is -1.15. The smallest absolute Gasteiger partial charge is 0.414 e. The van der Waals surface area contributed by atoms with Gasteiger partial charge in [0.2, 0.25) is 5.91 Å². The van der Waals surface area contributed by atoms with E-state index >= 15 is 0 Å². The largest absolute Gasteiger partial charge is 0.442 e. The number of imide groups is 1. The molecule has 186 valence electrons. The zero-order valence-electron chi connectivity index (χ0n) is 19.1. The zero-order valence-corrected chi connectivity index (χ0v) is 20.6. The van der Waals surface area contributed by atoms with Crippen molar-refractivity contribution < 1.29 is 28.7 Å². The molecule has 2 saturated heterocycles. The van der Waals surface area contributed by atoms with Gasteiger partial charge in [-0.15, -0.1) is 11.3 Å². The molecule has 0 bridgehead atoms. The maximum Gasteiger partial charge on any atom is 0.414 e. The van der Waals surface area contributed by atoms with Gasteiger partial charge in [0.1, 0.15) is 12.7 Å². The predicted octanol–water partition coefficient (Wildman–Crippen LogP) is 2.37. The first kappa shape index (κ1) is 25.1. The Kier molecular flexibility index (Phi) is 8.01. The van der Waals surface area contributed by atoms with Crippen LogP contribution in [-0.2, 0) is 19.1 Å². The first-order chi connectivity index (χ1) is 16.9. The number of nitrogens with one attached hydrogen (secondary N) is 1. The Bertz CT molecular complexity index is 1110. The number of benzene rings is 1. The average Bonchev–Trinajstić information content (AvgIpc) is 3.46. The fourth-order valence-electron chi connectivity index (χ4n) is 3.86. The lowest BCUT2D eigenvalue weighted by Gasteiger charge is -2.27. The number of hydrogen-bond donors (Lipinski definition) is 1. The Morgan fingerprint density at radius 3 is 2.49 bits per heavy atom. The fraction of sp³-hybridized carbons (Fsp3) is 0.391. The van der Waals surface area contributed by atoms with Crippen LogP contribution in [-0.4, -0.2) is 81.3 Å². The van der Waals surface area contributed by atoms with Crippen molar-refractivity contribution in [2.24, 2.45) is 0 Å². The van der Waals surface area contributed by atoms with Crippen LogP contribution < -0.4 is 15.1 Å². The molecule has 2 aromatic rings. The Morgan fingerprint density at radius 1 is 1.14 bits per heavy atom. The molecule has 1 atom stereocenters. The molecule has 12 heteroatoms. The molecule has 4 amide bonds. The SMILES string of the molecule is CNCCC(=O)N(C[C@H]1CN(c2ccc(N3CCOCC3=O)cc2)C(=O)O1)C(=O)c1ccc(Cl)s1. The van der Waals surface area contributed by atoms with Gasteiger partial charge in [-0.25, -0.2) is 4.79 Å². The second kappa shape index (κ2) is 11.2. The van der Waals surface area contributed by atoms with Gasteiger partial charge in [-0.1, -0.05) is 11.6 Å². The van der Waals surface area contributed by atoms with Crippen molar-refractivity contribution in [3.63, 3.8) is 0 Å². The number of thiophene rings is 1. The molecule has 2 fully saturated rings. The molecule has 0 unspecified atom stereocenters. The number of rotatable bonds is 8. The molecule has 1 aromatic carbocycles. The van der Waals surface area contributed by atoms with E-state index in [1.165, 1.54) is 4.90 Å². The zero-order chi connectivity index (χ0) is 24.9. The summed E-state index contributed by atoms with van der Waals surface area (Å²) >= 11 is 7.05. The second-order valence-electron chi connectivity index (χ2n) is 8.00. The summed E-state index contributed by atoms with van der Waals surface area (Å²) in [6, 6.07) is 10.2. The van der Waals surface area contributed by atoms with Crippen LogP contribution in [0.4, 0.5) is 16.2 Å². The number of cyclic esters (lactones) is 1. The van der Waals surface area contributed by atoms with Crippen LogP contribution in [0.3, 0.4) is 0 Å². The van der Waals surface area contributed by atoms with Crippen LogP contribution in [0, 0.1) is 0 Å². The number of nitrogens with zero attached hydrogens (tertiary/aromatic N) is 3. The minimum absolute atomic E-state index is 0.0435. The Morgan fingerprint density at radius 2 is 1.86 bits per heavy atom. The number of amides is 4. The minimum atomic E-state index is -0.694. The molecule has 0 spiro atoms. The van der Waals surface area contributed by atoms with Gasteiger partial charge >= 0.3 is 6.09 Å². The topological polar surface area (TPSA) is 108 Å². The van der Waals surface area contributed by atoms with E-state index < -0.39 is 18.1 Å². The lowest BCUT2D eigenvalue weighted by molar-refractivity contribution is -0.129. The maximum absolute atomic E-state index is 13.0. The van der Waals surface area contributed by atoms with Gasteiger partial charge in [-0.05, 0) is 43.4 Å². The molecule has 3 heterocycles. The summed E-state index contributed by atoms with van der Waals surface area (Å²) < 4.78 is 11.1. The number of carbonyl (C=O) groups excluding carboxylic acids is 4. The van der Waals surface area contributed by atoms with Crippen molar-refractivity contribution in [3.05, 3.63) is 45.6 Å². The van der Waals surface area contributed by atoms with Gasteiger partial charge in [0.15, 0.2) is 0 Å². The molecule has 1 N–H and O–H groups in total. The number of morpholine rings is 1. The first-order valence-corrected chi connectivity index (χ1v) is 12.3. The number of carbonyl (C=O) groups is 4. The molecular weight excluding hydrogens is 496 g/mol. The van der Waals surface area contributed by atoms with Crippen LogP contribution in [0.25, 0.3) is 0 Å². The molecule has 0 radical (unpaired) electrons. The highest BCUT2D eigenvalue weighted by Gasteiger charge is 2.36. The second-order valence-corrected chi connectivity index (χ2v) is 9.71. The maximum atomic E-state index is 13.0. The summed E-state index contributed by atoms with van der Waals surface area (Å²) in [5.41, 5.74) is 1.30. The van der Waals surface area contributed by atoms with E-state index in [0.29, 0.717) is 40.3 Å². The van der Waals surface area contributed by atoms with E-state index in [1.54, 1.807) is 48.3 Å². The molecule has 2 aliphatic heterocycles. The van der Waals surface area contributed by atoms with Gasteiger partial charge in [0, 0.05) is 30.9 Å². The molecule has 4 rings (SSSR count). The van der Waals surface area contributed by atoms with E-state index in [1.807, 2.05) is 0 Å². The van der Waals surface area contributed by atoms with Gasteiger partial charge in [0.05, 0.1) is 28.9 Å². The third-order valence-corrected chi connectivity index (χ3v) is 6.86. The number of anilines is 2. The molecule has 1 aromatic heterocycles. The molecule has 2 aliphatic rings. The van der Waals surface area contributed by atoms with Crippen molar-refractivity contribution in [2.75, 3.05) is 56.2 Å². The highest BCUT2D eigenvalue weighted by molar-refractivity contribution is 7.18. The van der Waals surface area contributed by atoms with Crippen LogP contribution in [0.2, 0.25) is 4.34 Å². The Balaban J connectivity index is 1.45. The fourth-order valence-corrected chi connectivity index (χ4v) is 4.85. The van der Waals surface area contributed by atoms with E-state index in [-0.39, 0.29) is 37.9 Å². The standard InChI is InChI=1S/C23H25ClN4O6S/c1-25-9-8-20(29)28(22(31)18-6-7-19(24)35-18)13-17-12-27(23(32)34-17)16-4-2-15(3-5-16)26-10-11-33-14-21(26)30/h2-7,17,25H,8-14H2,1H3/t17-/m1/s1. The number of ether oxygens (including phenoxy) is 2. The first-order valence-electron chi connectivity index (χ1n) is 11.1. The molecule has 10 nitrogen and oxygen atoms in total. The van der Waals surface area contributed by atoms with E-state index in [9.17, 15) is 19.2 Å². The summed E-state index contributed by atoms with van der Waals surface area (Å²) in [4.78, 5) is 55.0. The van der Waals surface area contributed by atoms with Crippen LogP contribution in [0.1, 0.15) is 16.1 Å². The Hall–Kier alpha value is -2.99. The molecular formula is C23H25ClN4O6S. The van der Waals surface area contributed by atoms with Gasteiger partial charge in [0.25, 0.3) is 11.8 Å². The lowest BCUT2D eigenvalue weighted by atomic mass is 10.2. The average molecular weight is 521 g/mol. The van der Waals surface area contributed by atoms with Crippen LogP contribution in [0.15, 0.2) is 36.4 Å². The van der Waals surface area contributed by atoms with Gasteiger partial charge in [-0.2, -0.15) is 0 Å².